The molecule has 0 saturated heterocycles. The minimum Gasteiger partial charge on any atom is -0.469 e. The molecule has 4 nitrogen and oxygen atoms in total. The zero-order chi connectivity index (χ0) is 13.6. The smallest absolute Gasteiger partial charge is 0.191 e. The molecule has 2 fully saturated rings. The lowest BCUT2D eigenvalue weighted by atomic mass is 9.96. The van der Waals surface area contributed by atoms with E-state index in [9.17, 15) is 0 Å². The van der Waals surface area contributed by atoms with E-state index in [1.54, 1.807) is 6.26 Å². The summed E-state index contributed by atoms with van der Waals surface area (Å²) in [7, 11) is 0. The zero-order valence-electron chi connectivity index (χ0n) is 12.1. The van der Waals surface area contributed by atoms with Gasteiger partial charge in [-0.2, -0.15) is 0 Å². The molecule has 0 spiro atoms. The summed E-state index contributed by atoms with van der Waals surface area (Å²) in [6.45, 7) is 0.780. The normalized spacial score (nSPS) is 20.9. The van der Waals surface area contributed by atoms with Gasteiger partial charge in [-0.3, -0.25) is 4.99 Å². The minimum atomic E-state index is 0.609. The van der Waals surface area contributed by atoms with Crippen molar-refractivity contribution in [1.82, 2.24) is 10.6 Å². The number of aliphatic imine (C=N–C) groups is 1. The molecule has 1 heterocycles. The Bertz CT molecular complexity index is 417. The first kappa shape index (κ1) is 13.5. The van der Waals surface area contributed by atoms with Crippen molar-refractivity contribution in [1.29, 1.82) is 0 Å². The maximum atomic E-state index is 5.35. The van der Waals surface area contributed by atoms with Crippen molar-refractivity contribution >= 4 is 5.96 Å². The van der Waals surface area contributed by atoms with E-state index in [0.717, 1.165) is 24.7 Å². The van der Waals surface area contributed by atoms with E-state index in [1.165, 1.54) is 44.9 Å². The number of nitrogens with one attached hydrogen (secondary N) is 2. The summed E-state index contributed by atoms with van der Waals surface area (Å²) in [5.74, 6) is 2.02. The first-order chi connectivity index (χ1) is 9.90. The van der Waals surface area contributed by atoms with Crippen LogP contribution in [-0.4, -0.2) is 24.6 Å². The Labute approximate surface area is 121 Å². The number of guanidine groups is 1. The van der Waals surface area contributed by atoms with Crippen LogP contribution in [0.25, 0.3) is 0 Å². The van der Waals surface area contributed by atoms with Crippen molar-refractivity contribution in [3.8, 4) is 0 Å². The molecular weight excluding hydrogens is 250 g/mol. The molecule has 110 valence electrons. The highest BCUT2D eigenvalue weighted by Gasteiger charge is 2.23. The predicted octanol–water partition coefficient (Wildman–Crippen LogP) is 2.85. The zero-order valence-corrected chi connectivity index (χ0v) is 12.1. The second kappa shape index (κ2) is 6.82. The lowest BCUT2D eigenvalue weighted by Crippen LogP contribution is -2.45. The molecule has 4 heteroatoms. The van der Waals surface area contributed by atoms with Gasteiger partial charge in [-0.1, -0.05) is 19.3 Å². The molecule has 0 amide bonds. The summed E-state index contributed by atoms with van der Waals surface area (Å²) in [5.41, 5.74) is 0. The van der Waals surface area contributed by atoms with Crippen LogP contribution in [0.3, 0.4) is 0 Å². The van der Waals surface area contributed by atoms with E-state index in [0.29, 0.717) is 12.1 Å². The van der Waals surface area contributed by atoms with Gasteiger partial charge in [0.1, 0.15) is 5.76 Å². The first-order valence-corrected chi connectivity index (χ1v) is 8.00. The number of hydrogen-bond donors (Lipinski definition) is 2. The summed E-state index contributed by atoms with van der Waals surface area (Å²) in [4.78, 5) is 4.71. The fourth-order valence-electron chi connectivity index (χ4n) is 2.73. The molecule has 0 bridgehead atoms. The van der Waals surface area contributed by atoms with Crippen LogP contribution in [0.4, 0.5) is 0 Å². The SMILES string of the molecule is c1coc(CCN=C(NC2CCCCC2)NC2CC2)c1. The van der Waals surface area contributed by atoms with E-state index in [1.807, 2.05) is 12.1 Å². The van der Waals surface area contributed by atoms with Crippen molar-refractivity contribution in [2.75, 3.05) is 6.54 Å². The van der Waals surface area contributed by atoms with Crippen LogP contribution in [0.15, 0.2) is 27.8 Å². The lowest BCUT2D eigenvalue weighted by Gasteiger charge is -2.25. The molecule has 20 heavy (non-hydrogen) atoms. The molecule has 0 unspecified atom stereocenters. The van der Waals surface area contributed by atoms with Gasteiger partial charge in [0.25, 0.3) is 0 Å². The summed E-state index contributed by atoms with van der Waals surface area (Å²) in [5, 5.41) is 7.14. The molecular formula is C16H25N3O. The van der Waals surface area contributed by atoms with Gasteiger partial charge >= 0.3 is 0 Å². The standard InChI is InChI=1S/C16H25N3O/c1-2-5-13(6-3-1)18-16(19-14-8-9-14)17-11-10-15-7-4-12-20-15/h4,7,12-14H,1-3,5-6,8-11H2,(H2,17,18,19). The Morgan fingerprint density at radius 1 is 1.10 bits per heavy atom. The molecule has 2 aliphatic carbocycles. The van der Waals surface area contributed by atoms with Gasteiger partial charge in [0.15, 0.2) is 5.96 Å². The lowest BCUT2D eigenvalue weighted by molar-refractivity contribution is 0.409. The van der Waals surface area contributed by atoms with Crippen LogP contribution in [0.2, 0.25) is 0 Å². The maximum absolute atomic E-state index is 5.35. The van der Waals surface area contributed by atoms with E-state index >= 15 is 0 Å². The van der Waals surface area contributed by atoms with Crippen LogP contribution >= 0.6 is 0 Å². The Morgan fingerprint density at radius 2 is 1.85 bits per heavy atom. The minimum absolute atomic E-state index is 0.609. The molecule has 0 radical (unpaired) electrons. The Morgan fingerprint density at radius 3 is 2.50 bits per heavy atom. The Kier molecular flexibility index (Phi) is 4.61. The quantitative estimate of drug-likeness (QED) is 0.642. The second-order valence-electron chi connectivity index (χ2n) is 5.96. The van der Waals surface area contributed by atoms with Crippen molar-refractivity contribution < 1.29 is 4.42 Å². The summed E-state index contributed by atoms with van der Waals surface area (Å²) < 4.78 is 5.35. The third-order valence-corrected chi connectivity index (χ3v) is 4.07. The highest BCUT2D eigenvalue weighted by Crippen LogP contribution is 2.20. The van der Waals surface area contributed by atoms with E-state index < -0.39 is 0 Å². The molecule has 0 aromatic carbocycles. The summed E-state index contributed by atoms with van der Waals surface area (Å²) >= 11 is 0. The van der Waals surface area contributed by atoms with E-state index in [-0.39, 0.29) is 0 Å². The second-order valence-corrected chi connectivity index (χ2v) is 5.96. The molecule has 2 N–H and O–H groups in total. The third kappa shape index (κ3) is 4.29. The number of rotatable bonds is 5. The van der Waals surface area contributed by atoms with Crippen LogP contribution in [0.1, 0.15) is 50.7 Å². The topological polar surface area (TPSA) is 49.6 Å². The van der Waals surface area contributed by atoms with Gasteiger partial charge in [0.05, 0.1) is 6.26 Å². The molecule has 1 aromatic rings. The fraction of sp³-hybridized carbons (Fsp3) is 0.688. The fourth-order valence-corrected chi connectivity index (χ4v) is 2.73. The molecule has 2 aliphatic rings. The van der Waals surface area contributed by atoms with Crippen LogP contribution in [0.5, 0.6) is 0 Å². The van der Waals surface area contributed by atoms with Crippen molar-refractivity contribution in [2.24, 2.45) is 4.99 Å². The molecule has 0 atom stereocenters. The Hall–Kier alpha value is -1.45. The van der Waals surface area contributed by atoms with Gasteiger partial charge in [0.2, 0.25) is 0 Å². The average Bonchev–Trinajstić information content (AvgIpc) is 3.13. The summed E-state index contributed by atoms with van der Waals surface area (Å²) in [6, 6.07) is 5.20. The summed E-state index contributed by atoms with van der Waals surface area (Å²) in [6.07, 6.45) is 11.8. The van der Waals surface area contributed by atoms with Gasteiger partial charge in [-0.25, -0.2) is 0 Å². The third-order valence-electron chi connectivity index (χ3n) is 4.07. The number of hydrogen-bond acceptors (Lipinski definition) is 2. The highest BCUT2D eigenvalue weighted by atomic mass is 16.3. The largest absolute Gasteiger partial charge is 0.469 e. The maximum Gasteiger partial charge on any atom is 0.191 e. The van der Waals surface area contributed by atoms with E-state index in [4.69, 9.17) is 9.41 Å². The van der Waals surface area contributed by atoms with Crippen molar-refractivity contribution in [2.45, 2.75) is 63.5 Å². The van der Waals surface area contributed by atoms with Crippen molar-refractivity contribution in [3.05, 3.63) is 24.2 Å². The first-order valence-electron chi connectivity index (χ1n) is 8.00. The Balaban J connectivity index is 1.50. The van der Waals surface area contributed by atoms with Crippen molar-refractivity contribution in [3.63, 3.8) is 0 Å². The number of nitrogens with zero attached hydrogens (tertiary/aromatic N) is 1. The van der Waals surface area contributed by atoms with Gasteiger partial charge < -0.3 is 15.1 Å². The molecule has 2 saturated carbocycles. The molecule has 1 aromatic heterocycles. The van der Waals surface area contributed by atoms with Gasteiger partial charge in [-0.15, -0.1) is 0 Å². The highest BCUT2D eigenvalue weighted by molar-refractivity contribution is 5.80. The average molecular weight is 275 g/mol. The molecule has 0 aliphatic heterocycles. The predicted molar refractivity (Wildman–Crippen MR) is 80.9 cm³/mol. The number of furan rings is 1. The van der Waals surface area contributed by atoms with Crippen LogP contribution < -0.4 is 10.6 Å². The van der Waals surface area contributed by atoms with Crippen LogP contribution in [-0.2, 0) is 6.42 Å². The monoisotopic (exact) mass is 275 g/mol. The van der Waals surface area contributed by atoms with Crippen LogP contribution in [0, 0.1) is 0 Å². The van der Waals surface area contributed by atoms with Gasteiger partial charge in [0, 0.05) is 25.0 Å². The van der Waals surface area contributed by atoms with Gasteiger partial charge in [-0.05, 0) is 37.8 Å². The molecule has 3 rings (SSSR count). The van der Waals surface area contributed by atoms with E-state index in [2.05, 4.69) is 10.6 Å².